The van der Waals surface area contributed by atoms with Crippen LogP contribution in [0.1, 0.15) is 24.2 Å². The van der Waals surface area contributed by atoms with Crippen LogP contribution < -0.4 is 4.90 Å². The first-order valence-electron chi connectivity index (χ1n) is 4.48. The summed E-state index contributed by atoms with van der Waals surface area (Å²) in [5.41, 5.74) is 0.621. The number of hydrogen-bond donors (Lipinski definition) is 0. The summed E-state index contributed by atoms with van der Waals surface area (Å²) in [7, 11) is 0. The van der Waals surface area contributed by atoms with E-state index in [0.717, 1.165) is 25.2 Å². The Morgan fingerprint density at radius 3 is 2.46 bits per heavy atom. The van der Waals surface area contributed by atoms with Crippen molar-refractivity contribution >= 4 is 12.1 Å². The highest BCUT2D eigenvalue weighted by atomic mass is 16.1. The lowest BCUT2D eigenvalue weighted by Crippen LogP contribution is -2.22. The number of hydrogen-bond acceptors (Lipinski definition) is 3. The molecule has 0 saturated carbocycles. The topological polar surface area (TPSA) is 33.2 Å². The molecule has 0 atom stereocenters. The van der Waals surface area contributed by atoms with Crippen LogP contribution in [0.15, 0.2) is 18.3 Å². The monoisotopic (exact) mass is 178 g/mol. The van der Waals surface area contributed by atoms with E-state index in [-0.39, 0.29) is 0 Å². The van der Waals surface area contributed by atoms with Gasteiger partial charge in [-0.3, -0.25) is 4.79 Å². The molecule has 1 rings (SSSR count). The van der Waals surface area contributed by atoms with Crippen molar-refractivity contribution in [3.63, 3.8) is 0 Å². The summed E-state index contributed by atoms with van der Waals surface area (Å²) in [5.74, 6) is 0.926. The molecule has 1 aromatic rings. The molecule has 0 N–H and O–H groups in total. The van der Waals surface area contributed by atoms with Crippen molar-refractivity contribution < 1.29 is 4.79 Å². The lowest BCUT2D eigenvalue weighted by atomic mass is 10.3. The molecule has 0 aromatic carbocycles. The van der Waals surface area contributed by atoms with Crippen LogP contribution in [0.3, 0.4) is 0 Å². The van der Waals surface area contributed by atoms with Gasteiger partial charge in [0, 0.05) is 24.8 Å². The Labute approximate surface area is 78.4 Å². The highest BCUT2D eigenvalue weighted by Gasteiger charge is 2.01. The largest absolute Gasteiger partial charge is 0.357 e. The molecule has 0 radical (unpaired) electrons. The molecule has 0 saturated heterocycles. The second kappa shape index (κ2) is 4.60. The maximum absolute atomic E-state index is 10.4. The van der Waals surface area contributed by atoms with E-state index in [4.69, 9.17) is 0 Å². The van der Waals surface area contributed by atoms with Gasteiger partial charge in [-0.25, -0.2) is 4.98 Å². The molecule has 0 aliphatic rings. The van der Waals surface area contributed by atoms with Crippen LogP contribution in [0.25, 0.3) is 0 Å². The minimum Gasteiger partial charge on any atom is -0.357 e. The number of anilines is 1. The van der Waals surface area contributed by atoms with Gasteiger partial charge in [0.25, 0.3) is 0 Å². The van der Waals surface area contributed by atoms with Crippen LogP contribution in [0, 0.1) is 0 Å². The number of aldehydes is 1. The molecule has 3 nitrogen and oxygen atoms in total. The van der Waals surface area contributed by atoms with Crippen molar-refractivity contribution in [3.05, 3.63) is 23.9 Å². The smallest absolute Gasteiger partial charge is 0.151 e. The number of rotatable bonds is 4. The van der Waals surface area contributed by atoms with E-state index in [1.54, 1.807) is 12.3 Å². The summed E-state index contributed by atoms with van der Waals surface area (Å²) in [6.45, 7) is 6.03. The zero-order valence-corrected chi connectivity index (χ0v) is 8.03. The fourth-order valence-electron chi connectivity index (χ4n) is 1.20. The minimum absolute atomic E-state index is 0.621. The van der Waals surface area contributed by atoms with Crippen LogP contribution in [-0.2, 0) is 0 Å². The predicted octanol–water partition coefficient (Wildman–Crippen LogP) is 1.74. The van der Waals surface area contributed by atoms with Crippen molar-refractivity contribution in [3.8, 4) is 0 Å². The third kappa shape index (κ3) is 2.28. The molecule has 1 aromatic heterocycles. The quantitative estimate of drug-likeness (QED) is 0.658. The fourth-order valence-corrected chi connectivity index (χ4v) is 1.20. The summed E-state index contributed by atoms with van der Waals surface area (Å²) < 4.78 is 0. The van der Waals surface area contributed by atoms with E-state index in [9.17, 15) is 4.79 Å². The first kappa shape index (κ1) is 9.71. The predicted molar refractivity (Wildman–Crippen MR) is 53.2 cm³/mol. The van der Waals surface area contributed by atoms with Crippen LogP contribution in [0.4, 0.5) is 5.82 Å². The van der Waals surface area contributed by atoms with Crippen LogP contribution in [0.2, 0.25) is 0 Å². The van der Waals surface area contributed by atoms with Crippen molar-refractivity contribution in [2.24, 2.45) is 0 Å². The average Bonchev–Trinajstić information content (AvgIpc) is 2.21. The maximum Gasteiger partial charge on any atom is 0.151 e. The Kier molecular flexibility index (Phi) is 3.43. The highest BCUT2D eigenvalue weighted by molar-refractivity contribution is 5.74. The third-order valence-electron chi connectivity index (χ3n) is 1.99. The van der Waals surface area contributed by atoms with Gasteiger partial charge in [-0.2, -0.15) is 0 Å². The van der Waals surface area contributed by atoms with Crippen LogP contribution >= 0.6 is 0 Å². The molecular formula is C10H14N2O. The Hall–Kier alpha value is -1.38. The molecule has 70 valence electrons. The molecule has 0 unspecified atom stereocenters. The number of carbonyl (C=O) groups excluding carboxylic acids is 1. The SMILES string of the molecule is CCN(CC)c1ccc(C=O)cn1. The molecule has 0 spiro atoms. The molecule has 0 bridgehead atoms. The van der Waals surface area contributed by atoms with Gasteiger partial charge >= 0.3 is 0 Å². The lowest BCUT2D eigenvalue weighted by Gasteiger charge is -2.19. The highest BCUT2D eigenvalue weighted by Crippen LogP contribution is 2.09. The summed E-state index contributed by atoms with van der Waals surface area (Å²) >= 11 is 0. The van der Waals surface area contributed by atoms with Crippen molar-refractivity contribution in [1.82, 2.24) is 4.98 Å². The second-order valence-electron chi connectivity index (χ2n) is 2.74. The normalized spacial score (nSPS) is 9.69. The van der Waals surface area contributed by atoms with Gasteiger partial charge in [0.1, 0.15) is 5.82 Å². The van der Waals surface area contributed by atoms with Crippen molar-refractivity contribution in [1.29, 1.82) is 0 Å². The molecule has 3 heteroatoms. The summed E-state index contributed by atoms with van der Waals surface area (Å²) in [6.07, 6.45) is 2.40. The zero-order chi connectivity index (χ0) is 9.68. The minimum atomic E-state index is 0.621. The molecule has 0 aliphatic heterocycles. The van der Waals surface area contributed by atoms with E-state index < -0.39 is 0 Å². The number of carbonyl (C=O) groups is 1. The number of nitrogens with zero attached hydrogens (tertiary/aromatic N) is 2. The van der Waals surface area contributed by atoms with Gasteiger partial charge in [-0.05, 0) is 26.0 Å². The average molecular weight is 178 g/mol. The van der Waals surface area contributed by atoms with Crippen LogP contribution in [-0.4, -0.2) is 24.4 Å². The fraction of sp³-hybridized carbons (Fsp3) is 0.400. The van der Waals surface area contributed by atoms with Gasteiger partial charge < -0.3 is 4.90 Å². The summed E-state index contributed by atoms with van der Waals surface area (Å²) in [6, 6.07) is 3.66. The Morgan fingerprint density at radius 2 is 2.08 bits per heavy atom. The number of pyridine rings is 1. The standard InChI is InChI=1S/C10H14N2O/c1-3-12(4-2)10-6-5-9(8-13)7-11-10/h5-8H,3-4H2,1-2H3. The summed E-state index contributed by atoms with van der Waals surface area (Å²) in [5, 5.41) is 0. The Morgan fingerprint density at radius 1 is 1.38 bits per heavy atom. The van der Waals surface area contributed by atoms with Crippen molar-refractivity contribution in [2.75, 3.05) is 18.0 Å². The van der Waals surface area contributed by atoms with Crippen molar-refractivity contribution in [2.45, 2.75) is 13.8 Å². The summed E-state index contributed by atoms with van der Waals surface area (Å²) in [4.78, 5) is 16.7. The number of aromatic nitrogens is 1. The first-order valence-corrected chi connectivity index (χ1v) is 4.48. The molecule has 0 amide bonds. The van der Waals surface area contributed by atoms with Gasteiger partial charge in [0.05, 0.1) is 0 Å². The molecular weight excluding hydrogens is 164 g/mol. The van der Waals surface area contributed by atoms with E-state index >= 15 is 0 Å². The van der Waals surface area contributed by atoms with E-state index in [2.05, 4.69) is 23.7 Å². The molecule has 0 aliphatic carbocycles. The van der Waals surface area contributed by atoms with E-state index in [1.165, 1.54) is 0 Å². The second-order valence-corrected chi connectivity index (χ2v) is 2.74. The van der Waals surface area contributed by atoms with Gasteiger partial charge in [0.2, 0.25) is 0 Å². The molecule has 0 fully saturated rings. The lowest BCUT2D eigenvalue weighted by molar-refractivity contribution is 0.112. The van der Waals surface area contributed by atoms with E-state index in [1.807, 2.05) is 6.07 Å². The molecule has 13 heavy (non-hydrogen) atoms. The Bertz CT molecular complexity index is 265. The molecule has 1 heterocycles. The zero-order valence-electron chi connectivity index (χ0n) is 8.03. The Balaban J connectivity index is 2.83. The van der Waals surface area contributed by atoms with E-state index in [0.29, 0.717) is 5.56 Å². The van der Waals surface area contributed by atoms with Crippen LogP contribution in [0.5, 0.6) is 0 Å². The maximum atomic E-state index is 10.4. The van der Waals surface area contributed by atoms with Gasteiger partial charge in [-0.1, -0.05) is 0 Å². The van der Waals surface area contributed by atoms with Gasteiger partial charge in [-0.15, -0.1) is 0 Å². The third-order valence-corrected chi connectivity index (χ3v) is 1.99. The first-order chi connectivity index (χ1) is 6.31. The van der Waals surface area contributed by atoms with Gasteiger partial charge in [0.15, 0.2) is 6.29 Å².